The van der Waals surface area contributed by atoms with Crippen LogP contribution >= 0.6 is 0 Å². The molecule has 1 atom stereocenters. The highest BCUT2D eigenvalue weighted by Gasteiger charge is 1.99. The van der Waals surface area contributed by atoms with Gasteiger partial charge in [0.05, 0.1) is 0 Å². The zero-order chi connectivity index (χ0) is 7.11. The Balaban J connectivity index is 2.95. The SMILES string of the molecule is [CH2]CC[SiH](C)CCCC. The largest absolute Gasteiger partial charge is 0.0720 e. The lowest BCUT2D eigenvalue weighted by Gasteiger charge is -2.05. The molecule has 0 saturated carbocycles. The predicted molar refractivity (Wildman–Crippen MR) is 47.5 cm³/mol. The molecule has 55 valence electrons. The van der Waals surface area contributed by atoms with Crippen molar-refractivity contribution in [3.05, 3.63) is 6.92 Å². The highest BCUT2D eigenvalue weighted by molar-refractivity contribution is 6.57. The van der Waals surface area contributed by atoms with E-state index in [1.807, 2.05) is 0 Å². The van der Waals surface area contributed by atoms with Crippen molar-refractivity contribution in [3.8, 4) is 0 Å². The first-order valence-electron chi connectivity index (χ1n) is 4.10. The molecule has 1 heteroatoms. The zero-order valence-corrected chi connectivity index (χ0v) is 7.97. The zero-order valence-electron chi connectivity index (χ0n) is 6.82. The molecule has 0 aliphatic carbocycles. The fourth-order valence-electron chi connectivity index (χ4n) is 1.05. The van der Waals surface area contributed by atoms with E-state index in [0.29, 0.717) is 0 Å². The van der Waals surface area contributed by atoms with Gasteiger partial charge >= 0.3 is 0 Å². The van der Waals surface area contributed by atoms with Crippen molar-refractivity contribution in [1.29, 1.82) is 0 Å². The van der Waals surface area contributed by atoms with Crippen LogP contribution in [0.5, 0.6) is 0 Å². The summed E-state index contributed by atoms with van der Waals surface area (Å²) >= 11 is 0. The second-order valence-corrected chi connectivity index (χ2v) is 6.25. The van der Waals surface area contributed by atoms with Crippen molar-refractivity contribution in [1.82, 2.24) is 0 Å². The summed E-state index contributed by atoms with van der Waals surface area (Å²) in [5, 5.41) is 0. The smallest absolute Gasteiger partial charge is 0.0336 e. The first kappa shape index (κ1) is 9.22. The second kappa shape index (κ2) is 6.34. The minimum Gasteiger partial charge on any atom is -0.0720 e. The molecule has 0 rings (SSSR count). The van der Waals surface area contributed by atoms with E-state index in [4.69, 9.17) is 0 Å². The molecule has 0 aromatic carbocycles. The lowest BCUT2D eigenvalue weighted by molar-refractivity contribution is 0.870. The molecule has 0 nitrogen and oxygen atoms in total. The van der Waals surface area contributed by atoms with Crippen LogP contribution in [-0.2, 0) is 0 Å². The second-order valence-electron chi connectivity index (χ2n) is 2.89. The molecule has 1 unspecified atom stereocenters. The van der Waals surface area contributed by atoms with Gasteiger partial charge in [-0.25, -0.2) is 0 Å². The maximum absolute atomic E-state index is 3.87. The minimum absolute atomic E-state index is 0.282. The Labute approximate surface area is 61.3 Å². The number of hydrogen-bond donors (Lipinski definition) is 0. The molecule has 0 N–H and O–H groups in total. The summed E-state index contributed by atoms with van der Waals surface area (Å²) in [6.45, 7) is 8.60. The van der Waals surface area contributed by atoms with Crippen LogP contribution in [-0.4, -0.2) is 8.80 Å². The van der Waals surface area contributed by atoms with Gasteiger partial charge in [-0.15, -0.1) is 0 Å². The van der Waals surface area contributed by atoms with Crippen LogP contribution in [0.4, 0.5) is 0 Å². The Kier molecular flexibility index (Phi) is 6.49. The molecule has 0 spiro atoms. The first-order valence-corrected chi connectivity index (χ1v) is 6.89. The molecule has 0 aliphatic heterocycles. The highest BCUT2D eigenvalue weighted by Crippen LogP contribution is 2.06. The molecule has 9 heavy (non-hydrogen) atoms. The van der Waals surface area contributed by atoms with Crippen LogP contribution in [0.2, 0.25) is 18.6 Å². The van der Waals surface area contributed by atoms with Crippen molar-refractivity contribution in [3.63, 3.8) is 0 Å². The van der Waals surface area contributed by atoms with Crippen LogP contribution in [0.25, 0.3) is 0 Å². The van der Waals surface area contributed by atoms with Gasteiger partial charge in [0, 0.05) is 8.80 Å². The van der Waals surface area contributed by atoms with E-state index in [-0.39, 0.29) is 8.80 Å². The van der Waals surface area contributed by atoms with Crippen molar-refractivity contribution >= 4 is 8.80 Å². The monoisotopic (exact) mass is 143 g/mol. The molecule has 0 fully saturated rings. The summed E-state index contributed by atoms with van der Waals surface area (Å²) in [6.07, 6.45) is 3.99. The summed E-state index contributed by atoms with van der Waals surface area (Å²) in [6, 6.07) is 2.98. The first-order chi connectivity index (χ1) is 4.31. The van der Waals surface area contributed by atoms with Gasteiger partial charge in [0.1, 0.15) is 0 Å². The third-order valence-electron chi connectivity index (χ3n) is 1.75. The van der Waals surface area contributed by atoms with Gasteiger partial charge in [-0.2, -0.15) is 0 Å². The predicted octanol–water partition coefficient (Wildman–Crippen LogP) is 2.87. The van der Waals surface area contributed by atoms with E-state index < -0.39 is 0 Å². The van der Waals surface area contributed by atoms with Crippen molar-refractivity contribution < 1.29 is 0 Å². The summed E-state index contributed by atoms with van der Waals surface area (Å²) in [5.41, 5.74) is 0. The Morgan fingerprint density at radius 3 is 2.44 bits per heavy atom. The van der Waals surface area contributed by atoms with Crippen LogP contribution in [0.1, 0.15) is 26.2 Å². The Hall–Kier alpha value is 0.217. The molecule has 0 saturated heterocycles. The number of rotatable bonds is 5. The van der Waals surface area contributed by atoms with Crippen LogP contribution in [0, 0.1) is 6.92 Å². The van der Waals surface area contributed by atoms with Crippen LogP contribution in [0.15, 0.2) is 0 Å². The Morgan fingerprint density at radius 2 is 2.00 bits per heavy atom. The summed E-state index contributed by atoms with van der Waals surface area (Å²) in [5.74, 6) is 0. The van der Waals surface area contributed by atoms with Gasteiger partial charge in [0.15, 0.2) is 0 Å². The highest BCUT2D eigenvalue weighted by atomic mass is 28.3. The van der Waals surface area contributed by atoms with Gasteiger partial charge in [0.2, 0.25) is 0 Å². The topological polar surface area (TPSA) is 0 Å². The molecule has 1 radical (unpaired) electrons. The third-order valence-corrected chi connectivity index (χ3v) is 4.54. The van der Waals surface area contributed by atoms with Gasteiger partial charge in [0.25, 0.3) is 0 Å². The van der Waals surface area contributed by atoms with Gasteiger partial charge in [-0.05, 0) is 0 Å². The molecule has 0 heterocycles. The maximum Gasteiger partial charge on any atom is 0.0336 e. The van der Waals surface area contributed by atoms with E-state index in [2.05, 4.69) is 20.4 Å². The van der Waals surface area contributed by atoms with E-state index in [0.717, 1.165) is 6.42 Å². The van der Waals surface area contributed by atoms with Crippen molar-refractivity contribution in [2.45, 2.75) is 44.8 Å². The molecular weight excluding hydrogens is 124 g/mol. The van der Waals surface area contributed by atoms with Gasteiger partial charge in [-0.1, -0.05) is 51.7 Å². The van der Waals surface area contributed by atoms with Crippen LogP contribution in [0.3, 0.4) is 0 Å². The molecular formula is C8H19Si. The lowest BCUT2D eigenvalue weighted by atomic mass is 10.4. The number of hydrogen-bond acceptors (Lipinski definition) is 0. The van der Waals surface area contributed by atoms with Gasteiger partial charge in [-0.3, -0.25) is 0 Å². The van der Waals surface area contributed by atoms with E-state index in [1.165, 1.54) is 24.9 Å². The standard InChI is InChI=1S/C8H19Si/c1-4-6-8-9(3)7-5-2/h9H,2,4-8H2,1,3H3. The molecule has 0 amide bonds. The van der Waals surface area contributed by atoms with Gasteiger partial charge < -0.3 is 0 Å². The van der Waals surface area contributed by atoms with Crippen molar-refractivity contribution in [2.75, 3.05) is 0 Å². The fraction of sp³-hybridized carbons (Fsp3) is 0.875. The molecule has 0 bridgehead atoms. The normalized spacial score (nSPS) is 13.7. The summed E-state index contributed by atoms with van der Waals surface area (Å²) in [4.78, 5) is 0. The van der Waals surface area contributed by atoms with E-state index in [1.54, 1.807) is 0 Å². The average molecular weight is 143 g/mol. The van der Waals surface area contributed by atoms with E-state index >= 15 is 0 Å². The number of unbranched alkanes of at least 4 members (excludes halogenated alkanes) is 1. The minimum atomic E-state index is -0.282. The fourth-order valence-corrected chi connectivity index (χ4v) is 3.14. The maximum atomic E-state index is 3.87. The Bertz CT molecular complexity index is 52.5. The third kappa shape index (κ3) is 6.10. The van der Waals surface area contributed by atoms with Crippen LogP contribution < -0.4 is 0 Å². The molecule has 0 aromatic rings. The Morgan fingerprint density at radius 1 is 1.33 bits per heavy atom. The van der Waals surface area contributed by atoms with E-state index in [9.17, 15) is 0 Å². The lowest BCUT2D eigenvalue weighted by Crippen LogP contribution is -2.04. The van der Waals surface area contributed by atoms with Crippen molar-refractivity contribution in [2.24, 2.45) is 0 Å². The molecule has 0 aliphatic rings. The summed E-state index contributed by atoms with van der Waals surface area (Å²) < 4.78 is 0. The molecule has 0 aromatic heterocycles. The average Bonchev–Trinajstić information content (AvgIpc) is 1.85. The summed E-state index contributed by atoms with van der Waals surface area (Å²) in [7, 11) is -0.282. The quantitative estimate of drug-likeness (QED) is 0.519.